The van der Waals surface area contributed by atoms with E-state index in [1.807, 2.05) is 23.1 Å². The van der Waals surface area contributed by atoms with Crippen LogP contribution >= 0.6 is 28.1 Å². The van der Waals surface area contributed by atoms with Crippen LogP contribution in [0.2, 0.25) is 0 Å². The molecular formula is C13H12BrFN4S. The summed E-state index contributed by atoms with van der Waals surface area (Å²) in [6.07, 6.45) is 0. The van der Waals surface area contributed by atoms with Gasteiger partial charge in [0.25, 0.3) is 0 Å². The number of benzene rings is 1. The molecule has 0 aliphatic carbocycles. The molecule has 1 N–H and O–H groups in total. The topological polar surface area (TPSA) is 38.5 Å². The second-order valence-corrected chi connectivity index (χ2v) is 5.70. The van der Waals surface area contributed by atoms with Crippen molar-refractivity contribution in [2.24, 2.45) is 0 Å². The predicted molar refractivity (Wildman–Crippen MR) is 82.3 cm³/mol. The Morgan fingerprint density at radius 3 is 2.85 bits per heavy atom. The minimum atomic E-state index is -0.292. The Morgan fingerprint density at radius 2 is 2.20 bits per heavy atom. The Balaban J connectivity index is 2.41. The van der Waals surface area contributed by atoms with Gasteiger partial charge in [-0.2, -0.15) is 5.10 Å². The molecule has 0 aliphatic heterocycles. The first-order valence-electron chi connectivity index (χ1n) is 6.16. The minimum Gasteiger partial charge on any atom is -0.327 e. The highest BCUT2D eigenvalue weighted by molar-refractivity contribution is 9.10. The van der Waals surface area contributed by atoms with Crippen LogP contribution in [0.4, 0.5) is 4.39 Å². The largest absolute Gasteiger partial charge is 0.327 e. The predicted octanol–water partition coefficient (Wildman–Crippen LogP) is 4.11. The van der Waals surface area contributed by atoms with Crippen molar-refractivity contribution < 1.29 is 4.39 Å². The summed E-state index contributed by atoms with van der Waals surface area (Å²) in [6.45, 7) is 4.69. The molecule has 4 nitrogen and oxygen atoms in total. The normalized spacial score (nSPS) is 11.4. The van der Waals surface area contributed by atoms with Crippen molar-refractivity contribution in [1.82, 2.24) is 19.3 Å². The van der Waals surface area contributed by atoms with Crippen molar-refractivity contribution in [2.75, 3.05) is 0 Å². The maximum Gasteiger partial charge on any atom is 0.184 e. The lowest BCUT2D eigenvalue weighted by atomic mass is 10.3. The number of nitrogens with zero attached hydrogens (tertiary/aromatic N) is 3. The maximum absolute atomic E-state index is 13.3. The fourth-order valence-corrected chi connectivity index (χ4v) is 3.12. The lowest BCUT2D eigenvalue weighted by molar-refractivity contribution is 0.626. The van der Waals surface area contributed by atoms with E-state index in [4.69, 9.17) is 12.2 Å². The second kappa shape index (κ2) is 4.82. The molecule has 0 spiro atoms. The summed E-state index contributed by atoms with van der Waals surface area (Å²) in [5, 5.41) is 4.47. The van der Waals surface area contributed by atoms with E-state index >= 15 is 0 Å². The van der Waals surface area contributed by atoms with Crippen LogP contribution in [0.15, 0.2) is 22.7 Å². The molecular weight excluding hydrogens is 343 g/mol. The monoisotopic (exact) mass is 354 g/mol. The maximum atomic E-state index is 13.3. The molecule has 3 aromatic rings. The number of aryl methyl sites for hydroxylation is 2. The van der Waals surface area contributed by atoms with E-state index < -0.39 is 0 Å². The molecule has 7 heteroatoms. The van der Waals surface area contributed by atoms with Crippen LogP contribution in [0.25, 0.3) is 16.9 Å². The van der Waals surface area contributed by atoms with Gasteiger partial charge in [-0.05, 0) is 60.2 Å². The molecule has 0 radical (unpaired) electrons. The van der Waals surface area contributed by atoms with Crippen LogP contribution in [0.1, 0.15) is 12.6 Å². The molecule has 2 aromatic heterocycles. The molecule has 0 amide bonds. The lowest BCUT2D eigenvalue weighted by Gasteiger charge is -2.08. The first-order chi connectivity index (χ1) is 9.52. The van der Waals surface area contributed by atoms with E-state index in [1.165, 1.54) is 12.1 Å². The average Bonchev–Trinajstić information content (AvgIpc) is 2.88. The molecule has 1 aromatic carbocycles. The van der Waals surface area contributed by atoms with Gasteiger partial charge in [-0.15, -0.1) is 0 Å². The Morgan fingerprint density at radius 1 is 1.45 bits per heavy atom. The van der Waals surface area contributed by atoms with Crippen molar-refractivity contribution in [3.63, 3.8) is 0 Å². The van der Waals surface area contributed by atoms with Crippen molar-refractivity contribution in [3.8, 4) is 5.69 Å². The molecule has 2 heterocycles. The summed E-state index contributed by atoms with van der Waals surface area (Å²) in [5.41, 5.74) is 3.48. The molecule has 0 atom stereocenters. The highest BCUT2D eigenvalue weighted by Crippen LogP contribution is 2.27. The molecule has 0 saturated carbocycles. The number of hydrogen-bond donors (Lipinski definition) is 1. The van der Waals surface area contributed by atoms with Crippen molar-refractivity contribution in [3.05, 3.63) is 39.0 Å². The summed E-state index contributed by atoms with van der Waals surface area (Å²) in [4.78, 5) is 3.17. The summed E-state index contributed by atoms with van der Waals surface area (Å²) in [5.74, 6) is -0.292. The van der Waals surface area contributed by atoms with E-state index in [2.05, 4.69) is 26.0 Å². The van der Waals surface area contributed by atoms with Gasteiger partial charge in [0.15, 0.2) is 10.4 Å². The van der Waals surface area contributed by atoms with Crippen LogP contribution in [0.3, 0.4) is 0 Å². The van der Waals surface area contributed by atoms with Gasteiger partial charge in [-0.1, -0.05) is 0 Å². The second-order valence-electron chi connectivity index (χ2n) is 4.46. The van der Waals surface area contributed by atoms with Gasteiger partial charge in [0.1, 0.15) is 11.3 Å². The quantitative estimate of drug-likeness (QED) is 0.703. The molecule has 0 bridgehead atoms. The highest BCUT2D eigenvalue weighted by Gasteiger charge is 2.16. The summed E-state index contributed by atoms with van der Waals surface area (Å²) >= 11 is 8.79. The number of H-pyrrole nitrogens is 1. The number of halogens is 2. The zero-order valence-corrected chi connectivity index (χ0v) is 13.3. The van der Waals surface area contributed by atoms with Gasteiger partial charge in [-0.25, -0.2) is 9.07 Å². The lowest BCUT2D eigenvalue weighted by Crippen LogP contribution is -2.04. The van der Waals surface area contributed by atoms with E-state index in [-0.39, 0.29) is 5.82 Å². The van der Waals surface area contributed by atoms with Gasteiger partial charge in [0.05, 0.1) is 11.4 Å². The fourth-order valence-electron chi connectivity index (χ4n) is 2.31. The Hall–Kier alpha value is -1.47. The van der Waals surface area contributed by atoms with Gasteiger partial charge in [0, 0.05) is 11.0 Å². The third-order valence-corrected chi connectivity index (χ3v) is 4.12. The summed E-state index contributed by atoms with van der Waals surface area (Å²) < 4.78 is 18.2. The minimum absolute atomic E-state index is 0.292. The SMILES string of the molecule is CCn1nc(C)c2[nH]c(=S)n(-c3ccc(F)cc3Br)c21. The number of aromatic nitrogens is 4. The number of rotatable bonds is 2. The van der Waals surface area contributed by atoms with E-state index in [0.717, 1.165) is 29.1 Å². The van der Waals surface area contributed by atoms with E-state index in [9.17, 15) is 4.39 Å². The van der Waals surface area contributed by atoms with E-state index in [1.54, 1.807) is 6.07 Å². The van der Waals surface area contributed by atoms with Gasteiger partial charge in [-0.3, -0.25) is 4.57 Å². The molecule has 0 aliphatic rings. The number of hydrogen-bond acceptors (Lipinski definition) is 2. The van der Waals surface area contributed by atoms with Gasteiger partial charge >= 0.3 is 0 Å². The third kappa shape index (κ3) is 1.92. The number of nitrogens with one attached hydrogen (secondary N) is 1. The van der Waals surface area contributed by atoms with Crippen LogP contribution in [0, 0.1) is 17.5 Å². The highest BCUT2D eigenvalue weighted by atomic mass is 79.9. The van der Waals surface area contributed by atoms with Gasteiger partial charge in [0.2, 0.25) is 0 Å². The summed E-state index contributed by atoms with van der Waals surface area (Å²) in [7, 11) is 0. The molecule has 0 saturated heterocycles. The average molecular weight is 355 g/mol. The molecule has 20 heavy (non-hydrogen) atoms. The molecule has 0 unspecified atom stereocenters. The van der Waals surface area contributed by atoms with Crippen LogP contribution in [-0.2, 0) is 6.54 Å². The summed E-state index contributed by atoms with van der Waals surface area (Å²) in [6, 6.07) is 4.54. The Kier molecular flexibility index (Phi) is 3.25. The Bertz CT molecular complexity index is 861. The van der Waals surface area contributed by atoms with Crippen LogP contribution < -0.4 is 0 Å². The smallest absolute Gasteiger partial charge is 0.184 e. The first kappa shape index (κ1) is 13.5. The fraction of sp³-hybridized carbons (Fsp3) is 0.231. The van der Waals surface area contributed by atoms with Gasteiger partial charge < -0.3 is 4.98 Å². The number of aromatic amines is 1. The standard InChI is InChI=1S/C13H12BrFN4S/c1-3-18-12-11(7(2)17-18)16-13(20)19(12)10-5-4-8(15)6-9(10)14/h4-6H,3H2,1-2H3,(H,16,20). The van der Waals surface area contributed by atoms with Crippen molar-refractivity contribution in [2.45, 2.75) is 20.4 Å². The zero-order valence-electron chi connectivity index (χ0n) is 10.9. The van der Waals surface area contributed by atoms with Crippen molar-refractivity contribution in [1.29, 1.82) is 0 Å². The van der Waals surface area contributed by atoms with E-state index in [0.29, 0.717) is 9.24 Å². The molecule has 0 fully saturated rings. The molecule has 104 valence electrons. The van der Waals surface area contributed by atoms with Crippen molar-refractivity contribution >= 4 is 39.3 Å². The number of fused-ring (bicyclic) bond motifs is 1. The zero-order chi connectivity index (χ0) is 14.4. The first-order valence-corrected chi connectivity index (χ1v) is 7.36. The van der Waals surface area contributed by atoms with Crippen LogP contribution in [-0.4, -0.2) is 19.3 Å². The Labute approximate surface area is 128 Å². The third-order valence-electron chi connectivity index (χ3n) is 3.20. The number of imidazole rings is 1. The molecule has 3 rings (SSSR count). The van der Waals surface area contributed by atoms with Crippen LogP contribution in [0.5, 0.6) is 0 Å².